The van der Waals surface area contributed by atoms with E-state index in [2.05, 4.69) is 321 Å². The molecule has 105 heavy (non-hydrogen) atoms. The van der Waals surface area contributed by atoms with E-state index in [1.165, 1.54) is 157 Å². The van der Waals surface area contributed by atoms with Crippen molar-refractivity contribution in [2.45, 2.75) is 32.1 Å². The number of aromatic nitrogens is 4. The Morgan fingerprint density at radius 3 is 1.34 bits per heavy atom. The summed E-state index contributed by atoms with van der Waals surface area (Å²) in [4.78, 5) is 18.2. The second kappa shape index (κ2) is 22.8. The number of hydrogen-bond acceptors (Lipinski definition) is 4. The van der Waals surface area contributed by atoms with Gasteiger partial charge in [0.2, 0.25) is 0 Å². The van der Waals surface area contributed by atoms with Crippen molar-refractivity contribution in [3.05, 3.63) is 345 Å². The zero-order valence-corrected chi connectivity index (χ0v) is 57.9. The molecule has 19 aromatic carbocycles. The van der Waals surface area contributed by atoms with Crippen molar-refractivity contribution in [2.75, 3.05) is 4.90 Å². The SMILES string of the molecule is CCC1(CC)c2cc(-c3ccc(N(c4cc5ccc6cccc7ccc(c4)c5c67)c4cccc5c6ccccc6c6ccccc6c45)cc3)ccc2-c2c1c1ccccc1c1c2c2cc3c4ccccc4c4ccccc4c3cc2n1-c1cccc(-c2nc(-c3ccccc3)nc(-c3ccccc3)n2)c1. The number of rotatable bonds is 10. The zero-order valence-electron chi connectivity index (χ0n) is 57.9. The fourth-order valence-corrected chi connectivity index (χ4v) is 18.8. The maximum atomic E-state index is 5.29. The third-order valence-corrected chi connectivity index (χ3v) is 23.5. The second-order valence-electron chi connectivity index (χ2n) is 28.6. The molecule has 1 aliphatic rings. The van der Waals surface area contributed by atoms with E-state index < -0.39 is 0 Å². The van der Waals surface area contributed by atoms with Crippen LogP contribution in [0.5, 0.6) is 0 Å². The van der Waals surface area contributed by atoms with Gasteiger partial charge in [-0.2, -0.15) is 0 Å². The summed E-state index contributed by atoms with van der Waals surface area (Å²) in [5, 5.41) is 27.5. The molecular formula is C100H65N5. The third-order valence-electron chi connectivity index (χ3n) is 23.5. The summed E-state index contributed by atoms with van der Waals surface area (Å²) < 4.78 is 2.57. The Morgan fingerprint density at radius 2 is 0.752 bits per heavy atom. The maximum Gasteiger partial charge on any atom is 0.164 e. The van der Waals surface area contributed by atoms with Gasteiger partial charge in [-0.3, -0.25) is 0 Å². The highest BCUT2D eigenvalue weighted by molar-refractivity contribution is 6.34. The van der Waals surface area contributed by atoms with Crippen molar-refractivity contribution in [1.29, 1.82) is 0 Å². The highest BCUT2D eigenvalue weighted by Gasteiger charge is 2.44. The molecule has 0 bridgehead atoms. The average molecular weight is 1340 g/mol. The monoisotopic (exact) mass is 1340 g/mol. The van der Waals surface area contributed by atoms with E-state index in [4.69, 9.17) is 15.0 Å². The summed E-state index contributed by atoms with van der Waals surface area (Å²) in [6, 6.07) is 124. The smallest absolute Gasteiger partial charge is 0.164 e. The molecule has 0 N–H and O–H groups in total. The molecule has 2 heterocycles. The number of benzene rings is 19. The van der Waals surface area contributed by atoms with Crippen LogP contribution in [0.25, 0.3) is 192 Å². The molecule has 0 aliphatic heterocycles. The summed E-state index contributed by atoms with van der Waals surface area (Å²) in [7, 11) is 0. The first kappa shape index (κ1) is 59.3. The number of anilines is 3. The van der Waals surface area contributed by atoms with Crippen LogP contribution in [-0.4, -0.2) is 19.5 Å². The molecule has 0 unspecified atom stereocenters. The van der Waals surface area contributed by atoms with Crippen molar-refractivity contribution in [2.24, 2.45) is 0 Å². The van der Waals surface area contributed by atoms with Gasteiger partial charge in [-0.1, -0.05) is 287 Å². The minimum Gasteiger partial charge on any atom is -0.310 e. The van der Waals surface area contributed by atoms with Crippen molar-refractivity contribution in [3.63, 3.8) is 0 Å². The van der Waals surface area contributed by atoms with E-state index in [0.29, 0.717) is 17.5 Å². The summed E-state index contributed by atoms with van der Waals surface area (Å²) in [6.07, 6.45) is 1.85. The van der Waals surface area contributed by atoms with Crippen LogP contribution in [0, 0.1) is 0 Å². The number of fused-ring (bicyclic) bond motifs is 22. The summed E-state index contributed by atoms with van der Waals surface area (Å²) >= 11 is 0. The van der Waals surface area contributed by atoms with Crippen molar-refractivity contribution < 1.29 is 0 Å². The van der Waals surface area contributed by atoms with Gasteiger partial charge in [0, 0.05) is 60.7 Å². The summed E-state index contributed by atoms with van der Waals surface area (Å²) in [5.74, 6) is 1.87. The lowest BCUT2D eigenvalue weighted by Crippen LogP contribution is -2.23. The minimum atomic E-state index is -0.316. The van der Waals surface area contributed by atoms with E-state index in [0.717, 1.165) is 57.8 Å². The molecule has 490 valence electrons. The number of hydrogen-bond donors (Lipinski definition) is 0. The average Bonchev–Trinajstić information content (AvgIpc) is 1.51. The van der Waals surface area contributed by atoms with Crippen LogP contribution in [0.2, 0.25) is 0 Å². The Kier molecular flexibility index (Phi) is 12.9. The van der Waals surface area contributed by atoms with Crippen molar-refractivity contribution in [1.82, 2.24) is 19.5 Å². The van der Waals surface area contributed by atoms with E-state index in [1.807, 2.05) is 36.4 Å². The van der Waals surface area contributed by atoms with Crippen LogP contribution in [0.1, 0.15) is 37.8 Å². The predicted molar refractivity (Wildman–Crippen MR) is 444 cm³/mol. The lowest BCUT2D eigenvalue weighted by Gasteiger charge is -2.31. The molecule has 0 radical (unpaired) electrons. The maximum absolute atomic E-state index is 5.29. The molecule has 5 heteroatoms. The Bertz CT molecular complexity index is 7070. The fourth-order valence-electron chi connectivity index (χ4n) is 18.8. The first-order valence-electron chi connectivity index (χ1n) is 36.8. The molecule has 0 atom stereocenters. The van der Waals surface area contributed by atoms with Crippen LogP contribution < -0.4 is 4.90 Å². The molecule has 0 spiro atoms. The Hall–Kier alpha value is -13.4. The van der Waals surface area contributed by atoms with Gasteiger partial charge >= 0.3 is 0 Å². The Balaban J connectivity index is 0.762. The van der Waals surface area contributed by atoms with E-state index in [-0.39, 0.29) is 5.41 Å². The lowest BCUT2D eigenvalue weighted by atomic mass is 9.72. The number of nitrogens with zero attached hydrogens (tertiary/aromatic N) is 5. The van der Waals surface area contributed by atoms with Gasteiger partial charge in [-0.15, -0.1) is 0 Å². The second-order valence-corrected chi connectivity index (χ2v) is 28.6. The zero-order chi connectivity index (χ0) is 69.2. The molecule has 0 saturated heterocycles. The molecule has 21 aromatic rings. The fraction of sp³-hybridized carbons (Fsp3) is 0.0500. The highest BCUT2D eigenvalue weighted by atomic mass is 15.1. The summed E-state index contributed by atoms with van der Waals surface area (Å²) in [6.45, 7) is 4.84. The van der Waals surface area contributed by atoms with Crippen molar-refractivity contribution >= 4 is 147 Å². The van der Waals surface area contributed by atoms with E-state index in [9.17, 15) is 0 Å². The van der Waals surface area contributed by atoms with Crippen LogP contribution in [-0.2, 0) is 5.41 Å². The standard InChI is InChI=1S/C100H65N5/c1-3-100(4-2)87-57-65(60-48-51-69(52-49-60)104(71-54-66-46-44-61-28-21-29-62-45-47-67(55-71)91(66)90(61)62)88-43-23-42-80-76-35-14-11-34-74(76)75-36-17-18-39-79(75)92(80)88)50-53-83(87)93-94-86-58-84-77-37-15-12-32-72(77)73-33-13-16-38-78(73)85(84)59-89(86)105(96(94)82-41-20-19-40-81(82)95(93)100)70-31-22-30-68(56-70)99-102-97(63-24-7-5-8-25-63)101-98(103-99)64-26-9-6-10-27-64/h5-59H,3-4H2,1-2H3. The predicted octanol–water partition coefficient (Wildman–Crippen LogP) is 27.2. The normalized spacial score (nSPS) is 12.8. The molecular weight excluding hydrogens is 1270 g/mol. The van der Waals surface area contributed by atoms with Crippen LogP contribution in [0.3, 0.4) is 0 Å². The molecule has 2 aromatic heterocycles. The molecule has 1 aliphatic carbocycles. The van der Waals surface area contributed by atoms with Gasteiger partial charge < -0.3 is 9.47 Å². The first-order valence-corrected chi connectivity index (χ1v) is 36.8. The third kappa shape index (κ3) is 8.67. The molecule has 0 saturated carbocycles. The molecule has 5 nitrogen and oxygen atoms in total. The lowest BCUT2D eigenvalue weighted by molar-refractivity contribution is 0.494. The Labute approximate surface area is 606 Å². The quantitative estimate of drug-likeness (QED) is 0.128. The Morgan fingerprint density at radius 1 is 0.295 bits per heavy atom. The van der Waals surface area contributed by atoms with Gasteiger partial charge in [-0.05, 0) is 204 Å². The van der Waals surface area contributed by atoms with Crippen LogP contribution in [0.4, 0.5) is 17.1 Å². The largest absolute Gasteiger partial charge is 0.310 e. The van der Waals surface area contributed by atoms with Gasteiger partial charge in [-0.25, -0.2) is 15.0 Å². The van der Waals surface area contributed by atoms with E-state index >= 15 is 0 Å². The molecule has 22 rings (SSSR count). The van der Waals surface area contributed by atoms with Gasteiger partial charge in [0.05, 0.1) is 16.7 Å². The highest BCUT2D eigenvalue weighted by Crippen LogP contribution is 2.61. The van der Waals surface area contributed by atoms with Gasteiger partial charge in [0.15, 0.2) is 17.5 Å². The molecule has 0 fully saturated rings. The van der Waals surface area contributed by atoms with Gasteiger partial charge in [0.25, 0.3) is 0 Å². The van der Waals surface area contributed by atoms with E-state index in [1.54, 1.807) is 0 Å². The van der Waals surface area contributed by atoms with Crippen molar-refractivity contribution in [3.8, 4) is 62.1 Å². The topological polar surface area (TPSA) is 46.8 Å². The molecule has 0 amide bonds. The van der Waals surface area contributed by atoms with Gasteiger partial charge in [0.1, 0.15) is 0 Å². The first-order chi connectivity index (χ1) is 52.0. The summed E-state index contributed by atoms with van der Waals surface area (Å²) in [5.41, 5.74) is 16.9. The van der Waals surface area contributed by atoms with Crippen LogP contribution in [0.15, 0.2) is 334 Å². The minimum absolute atomic E-state index is 0.316. The van der Waals surface area contributed by atoms with Crippen LogP contribution >= 0.6 is 0 Å².